The zero-order chi connectivity index (χ0) is 24.8. The fourth-order valence-corrected chi connectivity index (χ4v) is 3.10. The van der Waals surface area contributed by atoms with Crippen molar-refractivity contribution in [1.29, 1.82) is 0 Å². The minimum Gasteiger partial charge on any atom is -0.475 e. The second-order valence-corrected chi connectivity index (χ2v) is 7.44. The van der Waals surface area contributed by atoms with E-state index in [0.717, 1.165) is 24.1 Å². The predicted molar refractivity (Wildman–Crippen MR) is 111 cm³/mol. The van der Waals surface area contributed by atoms with E-state index < -0.39 is 18.0 Å². The van der Waals surface area contributed by atoms with Crippen molar-refractivity contribution in [2.24, 2.45) is 0 Å². The normalized spacial score (nSPS) is 14.2. The van der Waals surface area contributed by atoms with Gasteiger partial charge in [-0.05, 0) is 50.1 Å². The number of carboxylic acids is 1. The summed E-state index contributed by atoms with van der Waals surface area (Å²) in [6.07, 6.45) is -3.81. The van der Waals surface area contributed by atoms with Crippen LogP contribution in [0.15, 0.2) is 23.0 Å². The van der Waals surface area contributed by atoms with Crippen molar-refractivity contribution in [3.05, 3.63) is 62.3 Å². The van der Waals surface area contributed by atoms with E-state index in [0.29, 0.717) is 37.3 Å². The Morgan fingerprint density at radius 1 is 1.15 bits per heavy atom. The predicted octanol–water partition coefficient (Wildman–Crippen LogP) is 2.19. The Labute approximate surface area is 186 Å². The van der Waals surface area contributed by atoms with Gasteiger partial charge in [-0.1, -0.05) is 6.07 Å². The molecule has 3 N–H and O–H groups in total. The van der Waals surface area contributed by atoms with E-state index >= 15 is 0 Å². The molecule has 1 aromatic heterocycles. The largest absolute Gasteiger partial charge is 0.490 e. The zero-order valence-electron chi connectivity index (χ0n) is 18.1. The van der Waals surface area contributed by atoms with Gasteiger partial charge in [-0.15, -0.1) is 0 Å². The summed E-state index contributed by atoms with van der Waals surface area (Å²) in [6.45, 7) is 6.35. The van der Waals surface area contributed by atoms with Crippen LogP contribution < -0.4 is 10.9 Å². The molecule has 1 amide bonds. The zero-order valence-corrected chi connectivity index (χ0v) is 18.1. The molecule has 1 aliphatic rings. The number of alkyl halides is 3. The van der Waals surface area contributed by atoms with Gasteiger partial charge >= 0.3 is 12.1 Å². The first-order valence-electron chi connectivity index (χ1n) is 10.0. The molecular formula is C21H24F4N4O4. The number of nitrogens with one attached hydrogen (secondary N) is 2. The van der Waals surface area contributed by atoms with Crippen molar-refractivity contribution in [1.82, 2.24) is 20.4 Å². The number of carboxylic acid groups (broad SMARTS) is 1. The van der Waals surface area contributed by atoms with Crippen LogP contribution in [0.3, 0.4) is 0 Å². The van der Waals surface area contributed by atoms with E-state index in [2.05, 4.69) is 15.5 Å². The van der Waals surface area contributed by atoms with Crippen LogP contribution in [0.1, 0.15) is 39.2 Å². The second-order valence-electron chi connectivity index (χ2n) is 7.44. The minimum absolute atomic E-state index is 0.0863. The summed E-state index contributed by atoms with van der Waals surface area (Å²) in [6, 6.07) is 4.57. The van der Waals surface area contributed by atoms with Crippen LogP contribution in [0.5, 0.6) is 0 Å². The topological polar surface area (TPSA) is 115 Å². The monoisotopic (exact) mass is 472 g/mol. The van der Waals surface area contributed by atoms with E-state index in [-0.39, 0.29) is 17.0 Å². The maximum absolute atomic E-state index is 14.3. The lowest BCUT2D eigenvalue weighted by atomic mass is 10.0. The summed E-state index contributed by atoms with van der Waals surface area (Å²) < 4.78 is 46.0. The number of halogens is 4. The van der Waals surface area contributed by atoms with Crippen LogP contribution >= 0.6 is 0 Å². The number of amides is 1. The molecule has 2 heterocycles. The van der Waals surface area contributed by atoms with Gasteiger partial charge in [0, 0.05) is 31.6 Å². The molecule has 12 heteroatoms. The molecule has 0 saturated carbocycles. The number of rotatable bonds is 3. The smallest absolute Gasteiger partial charge is 0.475 e. The average Bonchev–Trinajstić information content (AvgIpc) is 3.04. The summed E-state index contributed by atoms with van der Waals surface area (Å²) in [4.78, 5) is 34.9. The van der Waals surface area contributed by atoms with Gasteiger partial charge in [-0.25, -0.2) is 14.3 Å². The lowest BCUT2D eigenvalue weighted by Gasteiger charge is -2.20. The van der Waals surface area contributed by atoms with E-state index in [9.17, 15) is 27.2 Å². The Morgan fingerprint density at radius 2 is 1.82 bits per heavy atom. The fourth-order valence-electron chi connectivity index (χ4n) is 3.10. The van der Waals surface area contributed by atoms with Gasteiger partial charge in [-0.3, -0.25) is 9.59 Å². The van der Waals surface area contributed by atoms with Crippen LogP contribution in [0, 0.1) is 19.7 Å². The van der Waals surface area contributed by atoms with Crippen LogP contribution in [-0.4, -0.2) is 64.4 Å². The van der Waals surface area contributed by atoms with Crippen molar-refractivity contribution in [2.45, 2.75) is 32.9 Å². The molecule has 0 spiro atoms. The Balaban J connectivity index is 0.000000479. The van der Waals surface area contributed by atoms with Gasteiger partial charge in [-0.2, -0.15) is 18.3 Å². The third-order valence-electron chi connectivity index (χ3n) is 5.13. The third-order valence-corrected chi connectivity index (χ3v) is 5.13. The number of benzene rings is 1. The van der Waals surface area contributed by atoms with E-state index in [4.69, 9.17) is 9.90 Å². The van der Waals surface area contributed by atoms with E-state index in [1.165, 1.54) is 6.07 Å². The van der Waals surface area contributed by atoms with Gasteiger partial charge < -0.3 is 15.3 Å². The van der Waals surface area contributed by atoms with Crippen molar-refractivity contribution >= 4 is 11.9 Å². The highest BCUT2D eigenvalue weighted by molar-refractivity contribution is 5.94. The van der Waals surface area contributed by atoms with Crippen molar-refractivity contribution < 1.29 is 32.3 Å². The first-order chi connectivity index (χ1) is 15.4. The second kappa shape index (κ2) is 11.0. The number of carbonyl (C=O) groups excluding carboxylic acids is 1. The number of aromatic nitrogens is 2. The Morgan fingerprint density at radius 3 is 2.45 bits per heavy atom. The van der Waals surface area contributed by atoms with Gasteiger partial charge in [0.2, 0.25) is 0 Å². The highest BCUT2D eigenvalue weighted by atomic mass is 19.4. The summed E-state index contributed by atoms with van der Waals surface area (Å²) in [5.41, 5.74) is 2.80. The highest BCUT2D eigenvalue weighted by Gasteiger charge is 2.38. The molecule has 180 valence electrons. The molecular weight excluding hydrogens is 448 g/mol. The van der Waals surface area contributed by atoms with Crippen LogP contribution in [0.4, 0.5) is 17.6 Å². The molecule has 0 bridgehead atoms. The lowest BCUT2D eigenvalue weighted by molar-refractivity contribution is -0.192. The van der Waals surface area contributed by atoms with Crippen molar-refractivity contribution in [2.75, 3.05) is 26.2 Å². The Bertz CT molecular complexity index is 1060. The molecule has 3 rings (SSSR count). The molecule has 0 radical (unpaired) electrons. The van der Waals surface area contributed by atoms with Crippen LogP contribution in [0.2, 0.25) is 0 Å². The van der Waals surface area contributed by atoms with Gasteiger partial charge in [0.25, 0.3) is 11.5 Å². The summed E-state index contributed by atoms with van der Waals surface area (Å²) in [5.74, 6) is -3.55. The number of carbonyl (C=O) groups is 2. The van der Waals surface area contributed by atoms with E-state index in [1.807, 2.05) is 6.92 Å². The van der Waals surface area contributed by atoms with Crippen molar-refractivity contribution in [3.63, 3.8) is 0 Å². The maximum atomic E-state index is 14.3. The third kappa shape index (κ3) is 7.11. The number of hydrogen-bond acceptors (Lipinski definition) is 5. The lowest BCUT2D eigenvalue weighted by Crippen LogP contribution is -2.34. The SMILES string of the molecule is Cc1c(Cc2ccc(F)c(C(=O)N3CCCNCC3)c2)n[nH]c(=O)c1C.O=C(O)C(F)(F)F. The van der Waals surface area contributed by atoms with Gasteiger partial charge in [0.1, 0.15) is 5.82 Å². The van der Waals surface area contributed by atoms with Crippen LogP contribution in [-0.2, 0) is 11.2 Å². The molecule has 0 atom stereocenters. The number of hydrogen-bond donors (Lipinski definition) is 3. The van der Waals surface area contributed by atoms with E-state index in [1.54, 1.807) is 24.0 Å². The summed E-state index contributed by atoms with van der Waals surface area (Å²) >= 11 is 0. The fraction of sp³-hybridized carbons (Fsp3) is 0.429. The highest BCUT2D eigenvalue weighted by Crippen LogP contribution is 2.18. The maximum Gasteiger partial charge on any atom is 0.490 e. The molecule has 2 aromatic rings. The van der Waals surface area contributed by atoms with Crippen molar-refractivity contribution in [3.8, 4) is 0 Å². The molecule has 33 heavy (non-hydrogen) atoms. The molecule has 0 unspecified atom stereocenters. The summed E-state index contributed by atoms with van der Waals surface area (Å²) in [5, 5.41) is 16.9. The molecule has 1 aliphatic heterocycles. The van der Waals surface area contributed by atoms with Gasteiger partial charge in [0.05, 0.1) is 11.3 Å². The Kier molecular flexibility index (Phi) is 8.69. The molecule has 1 aromatic carbocycles. The number of H-pyrrole nitrogens is 1. The standard InChI is InChI=1S/C19H23FN4O2.C2HF3O2/c1-12-13(2)18(25)23-22-17(12)11-14-4-5-16(20)15(10-14)19(26)24-8-3-6-21-7-9-24;3-2(4,5)1(6)7/h4-5,10,21H,3,6-9,11H2,1-2H3,(H,23,25);(H,6,7). The summed E-state index contributed by atoms with van der Waals surface area (Å²) in [7, 11) is 0. The molecule has 0 aliphatic carbocycles. The molecule has 1 fully saturated rings. The number of nitrogens with zero attached hydrogens (tertiary/aromatic N) is 2. The number of aliphatic carboxylic acids is 1. The quantitative estimate of drug-likeness (QED) is 0.590. The number of aromatic amines is 1. The molecule has 8 nitrogen and oxygen atoms in total. The average molecular weight is 472 g/mol. The minimum atomic E-state index is -5.08. The van der Waals surface area contributed by atoms with Crippen LogP contribution in [0.25, 0.3) is 0 Å². The molecule has 1 saturated heterocycles. The Hall–Kier alpha value is -3.28. The van der Waals surface area contributed by atoms with Gasteiger partial charge in [0.15, 0.2) is 0 Å². The first kappa shape index (κ1) is 26.0. The first-order valence-corrected chi connectivity index (χ1v) is 10.0.